The predicted molar refractivity (Wildman–Crippen MR) is 37.8 cm³/mol. The third kappa shape index (κ3) is 3.45. The van der Waals surface area contributed by atoms with Gasteiger partial charge >= 0.3 is 12.1 Å². The Morgan fingerprint density at radius 1 is 1.62 bits per heavy atom. The molecule has 0 heterocycles. The molecule has 3 nitrogen and oxygen atoms in total. The van der Waals surface area contributed by atoms with Crippen LogP contribution in [0.5, 0.6) is 0 Å². The zero-order valence-electron chi connectivity index (χ0n) is 6.89. The van der Waals surface area contributed by atoms with Gasteiger partial charge in [0.05, 0.1) is 12.2 Å². The smallest absolute Gasteiger partial charge is 0.418 e. The first kappa shape index (κ1) is 12.0. The standard InChI is InChI=1S/C7H9F3O3/c1-3-13-6(12)4(2)5(11)7(8,9)10/h5,11H,2-3H2,1H3. The van der Waals surface area contributed by atoms with Crippen molar-refractivity contribution in [2.24, 2.45) is 0 Å². The van der Waals surface area contributed by atoms with Gasteiger partial charge in [-0.15, -0.1) is 0 Å². The number of ether oxygens (including phenoxy) is 1. The molecule has 0 amide bonds. The zero-order chi connectivity index (χ0) is 10.6. The Labute approximate surface area is 72.8 Å². The van der Waals surface area contributed by atoms with Gasteiger partial charge in [0.2, 0.25) is 0 Å². The van der Waals surface area contributed by atoms with Crippen molar-refractivity contribution in [1.82, 2.24) is 0 Å². The average molecular weight is 198 g/mol. The Morgan fingerprint density at radius 3 is 2.38 bits per heavy atom. The molecule has 0 aliphatic carbocycles. The van der Waals surface area contributed by atoms with E-state index in [1.807, 2.05) is 0 Å². The van der Waals surface area contributed by atoms with Crippen molar-refractivity contribution in [2.45, 2.75) is 19.2 Å². The zero-order valence-corrected chi connectivity index (χ0v) is 6.89. The van der Waals surface area contributed by atoms with Crippen LogP contribution in [-0.2, 0) is 9.53 Å². The highest BCUT2D eigenvalue weighted by Gasteiger charge is 2.42. The molecule has 0 saturated carbocycles. The second-order valence-electron chi connectivity index (χ2n) is 2.19. The number of carbonyl (C=O) groups is 1. The van der Waals surface area contributed by atoms with E-state index < -0.39 is 23.8 Å². The summed E-state index contributed by atoms with van der Waals surface area (Å²) in [6.45, 7) is 4.16. The van der Waals surface area contributed by atoms with Crippen molar-refractivity contribution in [3.63, 3.8) is 0 Å². The molecule has 0 spiro atoms. The van der Waals surface area contributed by atoms with Gasteiger partial charge in [0, 0.05) is 0 Å². The van der Waals surface area contributed by atoms with Crippen LogP contribution in [0.4, 0.5) is 13.2 Å². The number of hydrogen-bond acceptors (Lipinski definition) is 3. The maximum atomic E-state index is 11.8. The molecule has 1 atom stereocenters. The van der Waals surface area contributed by atoms with Gasteiger partial charge in [-0.25, -0.2) is 4.79 Å². The van der Waals surface area contributed by atoms with E-state index in [4.69, 9.17) is 5.11 Å². The second kappa shape index (κ2) is 4.27. The normalized spacial score (nSPS) is 13.6. The van der Waals surface area contributed by atoms with E-state index >= 15 is 0 Å². The van der Waals surface area contributed by atoms with Crippen LogP contribution in [0.2, 0.25) is 0 Å². The van der Waals surface area contributed by atoms with Crippen molar-refractivity contribution in [3.8, 4) is 0 Å². The largest absolute Gasteiger partial charge is 0.463 e. The van der Waals surface area contributed by atoms with E-state index in [2.05, 4.69) is 11.3 Å². The lowest BCUT2D eigenvalue weighted by Crippen LogP contribution is -2.33. The van der Waals surface area contributed by atoms with Gasteiger partial charge in [0.25, 0.3) is 0 Å². The molecule has 13 heavy (non-hydrogen) atoms. The molecule has 0 aromatic rings. The van der Waals surface area contributed by atoms with Gasteiger partial charge in [0.15, 0.2) is 6.10 Å². The van der Waals surface area contributed by atoms with Gasteiger partial charge in [-0.2, -0.15) is 13.2 Å². The minimum Gasteiger partial charge on any atom is -0.463 e. The highest BCUT2D eigenvalue weighted by Crippen LogP contribution is 2.24. The SMILES string of the molecule is C=C(C(=O)OCC)C(O)C(F)(F)F. The summed E-state index contributed by atoms with van der Waals surface area (Å²) >= 11 is 0. The van der Waals surface area contributed by atoms with Crippen LogP contribution < -0.4 is 0 Å². The summed E-state index contributed by atoms with van der Waals surface area (Å²) in [4.78, 5) is 10.6. The lowest BCUT2D eigenvalue weighted by Gasteiger charge is -2.15. The number of aliphatic hydroxyl groups is 1. The van der Waals surface area contributed by atoms with Crippen molar-refractivity contribution in [3.05, 3.63) is 12.2 Å². The van der Waals surface area contributed by atoms with Crippen LogP contribution >= 0.6 is 0 Å². The summed E-state index contributed by atoms with van der Waals surface area (Å²) in [6, 6.07) is 0. The monoisotopic (exact) mass is 198 g/mol. The molecule has 0 rings (SSSR count). The molecule has 0 saturated heterocycles. The van der Waals surface area contributed by atoms with Crippen LogP contribution in [0.15, 0.2) is 12.2 Å². The van der Waals surface area contributed by atoms with Crippen molar-refractivity contribution < 1.29 is 27.8 Å². The number of hydrogen-bond donors (Lipinski definition) is 1. The van der Waals surface area contributed by atoms with Crippen LogP contribution in [0.1, 0.15) is 6.92 Å². The first-order chi connectivity index (χ1) is 5.80. The number of esters is 1. The Hall–Kier alpha value is -1.04. The first-order valence-electron chi connectivity index (χ1n) is 3.41. The topological polar surface area (TPSA) is 46.5 Å². The van der Waals surface area contributed by atoms with E-state index in [0.717, 1.165) is 0 Å². The molecule has 76 valence electrons. The molecule has 0 aromatic heterocycles. The van der Waals surface area contributed by atoms with Gasteiger partial charge in [-0.1, -0.05) is 6.58 Å². The molecule has 1 N–H and O–H groups in total. The maximum absolute atomic E-state index is 11.8. The fourth-order valence-corrected chi connectivity index (χ4v) is 0.533. The van der Waals surface area contributed by atoms with Gasteiger partial charge < -0.3 is 9.84 Å². The minimum atomic E-state index is -4.89. The van der Waals surface area contributed by atoms with E-state index in [0.29, 0.717) is 0 Å². The predicted octanol–water partition coefficient (Wildman–Crippen LogP) is 1.03. The molecule has 1 unspecified atom stereocenters. The van der Waals surface area contributed by atoms with E-state index in [1.165, 1.54) is 6.92 Å². The number of carbonyl (C=O) groups excluding carboxylic acids is 1. The van der Waals surface area contributed by atoms with E-state index in [1.54, 1.807) is 0 Å². The van der Waals surface area contributed by atoms with E-state index in [-0.39, 0.29) is 6.61 Å². The van der Waals surface area contributed by atoms with Gasteiger partial charge in [-0.3, -0.25) is 0 Å². The van der Waals surface area contributed by atoms with Crippen molar-refractivity contribution >= 4 is 5.97 Å². The number of rotatable bonds is 3. The Kier molecular flexibility index (Phi) is 3.93. The Balaban J connectivity index is 4.35. The summed E-state index contributed by atoms with van der Waals surface area (Å²) in [5.74, 6) is -1.24. The summed E-state index contributed by atoms with van der Waals surface area (Å²) in [7, 11) is 0. The summed E-state index contributed by atoms with van der Waals surface area (Å²) in [5.41, 5.74) is -1.01. The molecule has 0 bridgehead atoms. The minimum absolute atomic E-state index is 0.0670. The number of alkyl halides is 3. The van der Waals surface area contributed by atoms with Crippen LogP contribution in [0.25, 0.3) is 0 Å². The third-order valence-electron chi connectivity index (χ3n) is 1.18. The maximum Gasteiger partial charge on any atom is 0.418 e. The van der Waals surface area contributed by atoms with Gasteiger partial charge in [0.1, 0.15) is 0 Å². The fourth-order valence-electron chi connectivity index (χ4n) is 0.533. The molecule has 0 aromatic carbocycles. The Bertz CT molecular complexity index is 210. The van der Waals surface area contributed by atoms with Crippen LogP contribution in [0, 0.1) is 0 Å². The molecule has 0 aliphatic heterocycles. The van der Waals surface area contributed by atoms with E-state index in [9.17, 15) is 18.0 Å². The molecular formula is C7H9F3O3. The molecule has 0 fully saturated rings. The first-order valence-corrected chi connectivity index (χ1v) is 3.41. The van der Waals surface area contributed by atoms with Crippen LogP contribution in [0.3, 0.4) is 0 Å². The number of halogens is 3. The lowest BCUT2D eigenvalue weighted by molar-refractivity contribution is -0.194. The highest BCUT2D eigenvalue weighted by molar-refractivity contribution is 5.88. The fraction of sp³-hybridized carbons (Fsp3) is 0.571. The summed E-state index contributed by atoms with van der Waals surface area (Å²) in [5, 5.41) is 8.53. The van der Waals surface area contributed by atoms with Gasteiger partial charge in [-0.05, 0) is 6.92 Å². The molecule has 6 heteroatoms. The summed E-state index contributed by atoms with van der Waals surface area (Å²) < 4.78 is 39.6. The Morgan fingerprint density at radius 2 is 2.08 bits per heavy atom. The number of aliphatic hydroxyl groups excluding tert-OH is 1. The van der Waals surface area contributed by atoms with Crippen molar-refractivity contribution in [1.29, 1.82) is 0 Å². The molecule has 0 radical (unpaired) electrons. The second-order valence-corrected chi connectivity index (χ2v) is 2.19. The lowest BCUT2D eigenvalue weighted by atomic mass is 10.1. The summed E-state index contributed by atoms with van der Waals surface area (Å²) in [6.07, 6.45) is -7.74. The molecule has 0 aliphatic rings. The van der Waals surface area contributed by atoms with Crippen LogP contribution in [-0.4, -0.2) is 30.0 Å². The average Bonchev–Trinajstić information content (AvgIpc) is 2.00. The van der Waals surface area contributed by atoms with Crippen molar-refractivity contribution in [2.75, 3.05) is 6.61 Å². The quantitative estimate of drug-likeness (QED) is 0.544. The third-order valence-corrected chi connectivity index (χ3v) is 1.18. The molecular weight excluding hydrogens is 189 g/mol. The highest BCUT2D eigenvalue weighted by atomic mass is 19.4.